The minimum Gasteiger partial charge on any atom is -0.396 e. The molecule has 4 nitrogen and oxygen atoms in total. The highest BCUT2D eigenvalue weighted by molar-refractivity contribution is 7.99. The number of hydrogen-bond acceptors (Lipinski definition) is 4. The number of aliphatic hydroxyl groups is 1. The van der Waals surface area contributed by atoms with Crippen molar-refractivity contribution in [1.82, 2.24) is 15.0 Å². The quantitative estimate of drug-likeness (QED) is 0.850. The van der Waals surface area contributed by atoms with Crippen LogP contribution in [0.25, 0.3) is 0 Å². The van der Waals surface area contributed by atoms with E-state index in [2.05, 4.69) is 44.3 Å². The van der Waals surface area contributed by atoms with E-state index in [1.165, 1.54) is 0 Å². The van der Waals surface area contributed by atoms with Crippen LogP contribution in [-0.4, -0.2) is 33.0 Å². The van der Waals surface area contributed by atoms with Crippen LogP contribution in [0.5, 0.6) is 0 Å². The molecular weight excluding hydrogens is 234 g/mol. The number of rotatable bonds is 6. The third kappa shape index (κ3) is 3.01. The van der Waals surface area contributed by atoms with E-state index >= 15 is 0 Å². The van der Waals surface area contributed by atoms with Crippen LogP contribution < -0.4 is 0 Å². The Morgan fingerprint density at radius 2 is 2.06 bits per heavy atom. The van der Waals surface area contributed by atoms with Crippen molar-refractivity contribution in [1.29, 1.82) is 0 Å². The summed E-state index contributed by atoms with van der Waals surface area (Å²) in [6.07, 6.45) is 5.81. The maximum atomic E-state index is 9.06. The first-order chi connectivity index (χ1) is 7.89. The summed E-state index contributed by atoms with van der Waals surface area (Å²) in [5.41, 5.74) is 0.825. The van der Waals surface area contributed by atoms with E-state index in [-0.39, 0.29) is 16.9 Å². The molecule has 1 N–H and O–H groups in total. The summed E-state index contributed by atoms with van der Waals surface area (Å²) in [4.78, 5) is 0. The Morgan fingerprint density at radius 3 is 2.53 bits per heavy atom. The fourth-order valence-corrected chi connectivity index (χ4v) is 2.21. The van der Waals surface area contributed by atoms with E-state index in [9.17, 15) is 0 Å². The normalized spacial score (nSPS) is 15.9. The van der Waals surface area contributed by atoms with Gasteiger partial charge in [-0.25, -0.2) is 4.68 Å². The fourth-order valence-electron chi connectivity index (χ4n) is 1.62. The van der Waals surface area contributed by atoms with Crippen molar-refractivity contribution in [3.63, 3.8) is 0 Å². The van der Waals surface area contributed by atoms with Gasteiger partial charge >= 0.3 is 0 Å². The van der Waals surface area contributed by atoms with Crippen molar-refractivity contribution in [3.05, 3.63) is 11.9 Å². The summed E-state index contributed by atoms with van der Waals surface area (Å²) in [6.45, 7) is 8.63. The van der Waals surface area contributed by atoms with Crippen molar-refractivity contribution in [2.24, 2.45) is 0 Å². The van der Waals surface area contributed by atoms with E-state index in [4.69, 9.17) is 5.11 Å². The topological polar surface area (TPSA) is 50.9 Å². The van der Waals surface area contributed by atoms with Gasteiger partial charge in [0.15, 0.2) is 0 Å². The van der Waals surface area contributed by atoms with Crippen molar-refractivity contribution in [2.45, 2.75) is 50.8 Å². The van der Waals surface area contributed by atoms with Gasteiger partial charge in [-0.15, -0.1) is 5.10 Å². The predicted octanol–water partition coefficient (Wildman–Crippen LogP) is 2.38. The molecular formula is C12H23N3OS. The van der Waals surface area contributed by atoms with Crippen LogP contribution in [0.15, 0.2) is 6.20 Å². The van der Waals surface area contributed by atoms with Crippen molar-refractivity contribution in [3.8, 4) is 0 Å². The standard InChI is InChI=1S/C12H23N3OS/c1-6-12(4,17-5)10-9-15(14-13-10)11(2,3)7-8-16/h9,16H,6-8H2,1-5H3. The molecule has 0 fully saturated rings. The minimum absolute atomic E-state index is 0.0214. The predicted molar refractivity (Wildman–Crippen MR) is 72.2 cm³/mol. The molecule has 0 bridgehead atoms. The summed E-state index contributed by atoms with van der Waals surface area (Å²) >= 11 is 1.80. The molecule has 1 rings (SSSR count). The molecule has 1 aromatic rings. The lowest BCUT2D eigenvalue weighted by atomic mass is 10.0. The average molecular weight is 257 g/mol. The molecule has 0 radical (unpaired) electrons. The molecule has 0 spiro atoms. The number of nitrogens with zero attached hydrogens (tertiary/aromatic N) is 3. The van der Waals surface area contributed by atoms with Crippen LogP contribution in [-0.2, 0) is 10.3 Å². The zero-order valence-electron chi connectivity index (χ0n) is 11.4. The lowest BCUT2D eigenvalue weighted by Crippen LogP contribution is -2.28. The van der Waals surface area contributed by atoms with Crippen LogP contribution in [0.4, 0.5) is 0 Å². The first-order valence-corrected chi connectivity index (χ1v) is 7.21. The lowest BCUT2D eigenvalue weighted by molar-refractivity contribution is 0.199. The molecule has 17 heavy (non-hydrogen) atoms. The van der Waals surface area contributed by atoms with Gasteiger partial charge in [0.1, 0.15) is 0 Å². The molecule has 98 valence electrons. The van der Waals surface area contributed by atoms with Gasteiger partial charge in [-0.3, -0.25) is 0 Å². The number of aliphatic hydroxyl groups excluding tert-OH is 1. The van der Waals surface area contributed by atoms with Crippen LogP contribution >= 0.6 is 11.8 Å². The van der Waals surface area contributed by atoms with Crippen LogP contribution in [0.2, 0.25) is 0 Å². The largest absolute Gasteiger partial charge is 0.396 e. The highest BCUT2D eigenvalue weighted by Gasteiger charge is 2.29. The van der Waals surface area contributed by atoms with Crippen LogP contribution in [0.3, 0.4) is 0 Å². The van der Waals surface area contributed by atoms with Crippen molar-refractivity contribution < 1.29 is 5.11 Å². The van der Waals surface area contributed by atoms with Gasteiger partial charge in [0.25, 0.3) is 0 Å². The summed E-state index contributed by atoms with van der Waals surface area (Å²) in [5, 5.41) is 17.6. The molecule has 1 atom stereocenters. The van der Waals surface area contributed by atoms with Crippen molar-refractivity contribution >= 4 is 11.8 Å². The Bertz CT molecular complexity index is 358. The highest BCUT2D eigenvalue weighted by atomic mass is 32.2. The Balaban J connectivity index is 2.99. The second-order valence-electron chi connectivity index (χ2n) is 5.12. The molecule has 0 aromatic carbocycles. The number of thioether (sulfide) groups is 1. The van der Waals surface area contributed by atoms with Gasteiger partial charge in [0.2, 0.25) is 0 Å². The second kappa shape index (κ2) is 5.40. The molecule has 0 amide bonds. The van der Waals surface area contributed by atoms with E-state index in [1.54, 1.807) is 11.8 Å². The van der Waals surface area contributed by atoms with Gasteiger partial charge in [-0.05, 0) is 39.9 Å². The van der Waals surface area contributed by atoms with E-state index in [1.807, 2.05) is 10.9 Å². The molecule has 1 aromatic heterocycles. The van der Waals surface area contributed by atoms with Crippen LogP contribution in [0, 0.1) is 0 Å². The summed E-state index contributed by atoms with van der Waals surface area (Å²) in [5.74, 6) is 0. The summed E-state index contributed by atoms with van der Waals surface area (Å²) in [6, 6.07) is 0. The molecule has 1 heterocycles. The first kappa shape index (κ1) is 14.5. The van der Waals surface area contributed by atoms with Gasteiger partial charge in [0.05, 0.1) is 22.2 Å². The van der Waals surface area contributed by atoms with Gasteiger partial charge < -0.3 is 5.11 Å². The molecule has 0 aliphatic rings. The van der Waals surface area contributed by atoms with E-state index in [0.717, 1.165) is 12.1 Å². The third-order valence-electron chi connectivity index (χ3n) is 3.50. The zero-order chi connectivity index (χ0) is 13.1. The zero-order valence-corrected chi connectivity index (χ0v) is 12.2. The van der Waals surface area contributed by atoms with Gasteiger partial charge in [-0.2, -0.15) is 11.8 Å². The van der Waals surface area contributed by atoms with Gasteiger partial charge in [0, 0.05) is 6.61 Å². The lowest BCUT2D eigenvalue weighted by Gasteiger charge is -2.25. The molecule has 5 heteroatoms. The van der Waals surface area contributed by atoms with Gasteiger partial charge in [-0.1, -0.05) is 12.1 Å². The second-order valence-corrected chi connectivity index (χ2v) is 6.43. The molecule has 0 saturated carbocycles. The Labute approximate surface area is 108 Å². The third-order valence-corrected chi connectivity index (χ3v) is 4.90. The van der Waals surface area contributed by atoms with Crippen molar-refractivity contribution in [2.75, 3.05) is 12.9 Å². The smallest absolute Gasteiger partial charge is 0.0984 e. The molecule has 0 aliphatic carbocycles. The summed E-state index contributed by atoms with van der Waals surface area (Å²) in [7, 11) is 0. The maximum absolute atomic E-state index is 9.06. The molecule has 0 aliphatic heterocycles. The molecule has 0 saturated heterocycles. The van der Waals surface area contributed by atoms with Crippen LogP contribution in [0.1, 0.15) is 46.2 Å². The van der Waals surface area contributed by atoms with E-state index in [0.29, 0.717) is 6.42 Å². The first-order valence-electron chi connectivity index (χ1n) is 5.99. The number of hydrogen-bond donors (Lipinski definition) is 1. The number of aromatic nitrogens is 3. The average Bonchev–Trinajstić information content (AvgIpc) is 2.78. The monoisotopic (exact) mass is 257 g/mol. The summed E-state index contributed by atoms with van der Waals surface area (Å²) < 4.78 is 1.89. The Morgan fingerprint density at radius 1 is 1.41 bits per heavy atom. The Kier molecular flexibility index (Phi) is 4.61. The SMILES string of the molecule is CCC(C)(SC)c1cn(C(C)(C)CCO)nn1. The Hall–Kier alpha value is -0.550. The minimum atomic E-state index is -0.187. The highest BCUT2D eigenvalue weighted by Crippen LogP contribution is 2.36. The maximum Gasteiger partial charge on any atom is 0.0984 e. The van der Waals surface area contributed by atoms with E-state index < -0.39 is 0 Å². The molecule has 1 unspecified atom stereocenters. The fraction of sp³-hybridized carbons (Fsp3) is 0.833.